The summed E-state index contributed by atoms with van der Waals surface area (Å²) >= 11 is 0. The van der Waals surface area contributed by atoms with Crippen LogP contribution in [0.15, 0.2) is 73.1 Å². The van der Waals surface area contributed by atoms with Gasteiger partial charge in [-0.2, -0.15) is 0 Å². The molecule has 1 amide bonds. The highest BCUT2D eigenvalue weighted by Gasteiger charge is 2.40. The standard InChI is InChI=1S/C26H29N3O2/c1-31-24-7-3-2-5-23(24)19-29-15-12-26(13-16-29,25(27)30)17-20-8-10-21(11-9-20)22-6-4-14-28-18-22/h2-11,14,18H,12-13,15-17,19H2,1H3,(H2,27,30). The monoisotopic (exact) mass is 415 g/mol. The van der Waals surface area contributed by atoms with Gasteiger partial charge in [-0.15, -0.1) is 0 Å². The van der Waals surface area contributed by atoms with Gasteiger partial charge in [-0.3, -0.25) is 14.7 Å². The molecule has 5 heteroatoms. The second-order valence-corrected chi connectivity index (χ2v) is 8.35. The first-order chi connectivity index (χ1) is 15.1. The highest BCUT2D eigenvalue weighted by molar-refractivity contribution is 5.81. The van der Waals surface area contributed by atoms with Crippen molar-refractivity contribution in [1.29, 1.82) is 0 Å². The van der Waals surface area contributed by atoms with Crippen molar-refractivity contribution in [3.63, 3.8) is 0 Å². The summed E-state index contributed by atoms with van der Waals surface area (Å²) in [5.74, 6) is 0.712. The average Bonchev–Trinajstić information content (AvgIpc) is 2.82. The number of aromatic nitrogens is 1. The van der Waals surface area contributed by atoms with E-state index in [1.165, 1.54) is 5.56 Å². The Morgan fingerprint density at radius 1 is 1.03 bits per heavy atom. The zero-order valence-electron chi connectivity index (χ0n) is 18.0. The summed E-state index contributed by atoms with van der Waals surface area (Å²) < 4.78 is 5.48. The topological polar surface area (TPSA) is 68.4 Å². The number of primary amides is 1. The molecule has 1 saturated heterocycles. The summed E-state index contributed by atoms with van der Waals surface area (Å²) in [5.41, 5.74) is 9.96. The molecule has 0 radical (unpaired) electrons. The van der Waals surface area contributed by atoms with Crippen molar-refractivity contribution in [2.75, 3.05) is 20.2 Å². The van der Waals surface area contributed by atoms with Crippen LogP contribution in [0.5, 0.6) is 5.75 Å². The smallest absolute Gasteiger partial charge is 0.224 e. The summed E-state index contributed by atoms with van der Waals surface area (Å²) in [5, 5.41) is 0. The molecule has 0 atom stereocenters. The third-order valence-electron chi connectivity index (χ3n) is 6.41. The highest BCUT2D eigenvalue weighted by atomic mass is 16.5. The number of benzene rings is 2. The first-order valence-electron chi connectivity index (χ1n) is 10.7. The Hall–Kier alpha value is -3.18. The molecule has 3 aromatic rings. The van der Waals surface area contributed by atoms with E-state index in [1.807, 2.05) is 36.5 Å². The number of carbonyl (C=O) groups is 1. The normalized spacial score (nSPS) is 16.0. The van der Waals surface area contributed by atoms with Crippen LogP contribution in [0.25, 0.3) is 11.1 Å². The molecule has 160 valence electrons. The van der Waals surface area contributed by atoms with E-state index in [4.69, 9.17) is 10.5 Å². The van der Waals surface area contributed by atoms with Gasteiger partial charge in [0.25, 0.3) is 0 Å². The van der Waals surface area contributed by atoms with Gasteiger partial charge in [-0.25, -0.2) is 0 Å². The number of likely N-dealkylation sites (tertiary alicyclic amines) is 1. The second kappa shape index (κ2) is 9.31. The van der Waals surface area contributed by atoms with Crippen LogP contribution in [0.4, 0.5) is 0 Å². The lowest BCUT2D eigenvalue weighted by Gasteiger charge is -2.40. The van der Waals surface area contributed by atoms with Crippen molar-refractivity contribution < 1.29 is 9.53 Å². The van der Waals surface area contributed by atoms with Crippen LogP contribution < -0.4 is 10.5 Å². The fourth-order valence-electron chi connectivity index (χ4n) is 4.46. The quantitative estimate of drug-likeness (QED) is 0.632. The number of methoxy groups -OCH3 is 1. The van der Waals surface area contributed by atoms with Gasteiger partial charge in [-0.1, -0.05) is 48.5 Å². The molecule has 2 aromatic carbocycles. The minimum Gasteiger partial charge on any atom is -0.496 e. The maximum atomic E-state index is 12.5. The Bertz CT molecular complexity index is 1010. The molecule has 1 fully saturated rings. The molecule has 2 heterocycles. The molecule has 4 rings (SSSR count). The molecule has 31 heavy (non-hydrogen) atoms. The number of para-hydroxylation sites is 1. The van der Waals surface area contributed by atoms with Crippen molar-refractivity contribution in [3.05, 3.63) is 84.2 Å². The van der Waals surface area contributed by atoms with Crippen molar-refractivity contribution in [2.24, 2.45) is 11.1 Å². The van der Waals surface area contributed by atoms with E-state index in [0.29, 0.717) is 6.42 Å². The predicted octanol–water partition coefficient (Wildman–Crippen LogP) is 4.07. The zero-order valence-corrected chi connectivity index (χ0v) is 18.0. The Morgan fingerprint density at radius 3 is 2.42 bits per heavy atom. The molecule has 1 aromatic heterocycles. The number of amides is 1. The molecule has 1 aliphatic rings. The van der Waals surface area contributed by atoms with Crippen LogP contribution in [0, 0.1) is 5.41 Å². The van der Waals surface area contributed by atoms with Gasteiger partial charge in [-0.05, 0) is 61.2 Å². The van der Waals surface area contributed by atoms with E-state index in [1.54, 1.807) is 13.3 Å². The highest BCUT2D eigenvalue weighted by Crippen LogP contribution is 2.36. The molecule has 1 aliphatic heterocycles. The average molecular weight is 416 g/mol. The SMILES string of the molecule is COc1ccccc1CN1CCC(Cc2ccc(-c3cccnc3)cc2)(C(N)=O)CC1. The van der Waals surface area contributed by atoms with E-state index in [9.17, 15) is 4.79 Å². The molecule has 2 N–H and O–H groups in total. The van der Waals surface area contributed by atoms with Gasteiger partial charge in [0, 0.05) is 24.5 Å². The molecule has 0 aliphatic carbocycles. The van der Waals surface area contributed by atoms with Crippen molar-refractivity contribution in [2.45, 2.75) is 25.8 Å². The van der Waals surface area contributed by atoms with Crippen molar-refractivity contribution in [1.82, 2.24) is 9.88 Å². The van der Waals surface area contributed by atoms with Gasteiger partial charge in [0.2, 0.25) is 5.91 Å². The maximum absolute atomic E-state index is 12.5. The van der Waals surface area contributed by atoms with Crippen molar-refractivity contribution in [3.8, 4) is 16.9 Å². The van der Waals surface area contributed by atoms with Crippen LogP contribution in [0.2, 0.25) is 0 Å². The second-order valence-electron chi connectivity index (χ2n) is 8.35. The first kappa shape index (κ1) is 21.1. The third kappa shape index (κ3) is 4.78. The number of piperidine rings is 1. The minimum absolute atomic E-state index is 0.194. The Balaban J connectivity index is 1.43. The fraction of sp³-hybridized carbons (Fsp3) is 0.308. The molecule has 0 saturated carbocycles. The van der Waals surface area contributed by atoms with Crippen molar-refractivity contribution >= 4 is 5.91 Å². The lowest BCUT2D eigenvalue weighted by Crippen LogP contribution is -2.48. The lowest BCUT2D eigenvalue weighted by molar-refractivity contribution is -0.130. The summed E-state index contributed by atoms with van der Waals surface area (Å²) in [7, 11) is 1.70. The third-order valence-corrected chi connectivity index (χ3v) is 6.41. The molecule has 0 bridgehead atoms. The van der Waals surface area contributed by atoms with Gasteiger partial charge in [0.1, 0.15) is 5.75 Å². The number of pyridine rings is 1. The Morgan fingerprint density at radius 2 is 1.77 bits per heavy atom. The van der Waals surface area contributed by atoms with E-state index < -0.39 is 5.41 Å². The maximum Gasteiger partial charge on any atom is 0.224 e. The number of hydrogen-bond donors (Lipinski definition) is 1. The van der Waals surface area contributed by atoms with Crippen LogP contribution in [0.1, 0.15) is 24.0 Å². The molecule has 0 spiro atoms. The first-order valence-corrected chi connectivity index (χ1v) is 10.7. The zero-order chi connectivity index (χ0) is 21.7. The van der Waals surface area contributed by atoms with Gasteiger partial charge in [0.05, 0.1) is 12.5 Å². The Kier molecular flexibility index (Phi) is 6.33. The Labute approximate surface area is 183 Å². The van der Waals surface area contributed by atoms with Gasteiger partial charge < -0.3 is 10.5 Å². The van der Waals surface area contributed by atoms with E-state index >= 15 is 0 Å². The molecular formula is C26H29N3O2. The minimum atomic E-state index is -0.493. The van der Waals surface area contributed by atoms with Gasteiger partial charge in [0.15, 0.2) is 0 Å². The number of rotatable bonds is 7. The number of carbonyl (C=O) groups excluding carboxylic acids is 1. The summed E-state index contributed by atoms with van der Waals surface area (Å²) in [6.45, 7) is 2.50. The van der Waals surface area contributed by atoms with E-state index in [2.05, 4.69) is 40.2 Å². The summed E-state index contributed by atoms with van der Waals surface area (Å²) in [4.78, 5) is 19.1. The predicted molar refractivity (Wildman–Crippen MR) is 123 cm³/mol. The van der Waals surface area contributed by atoms with E-state index in [0.717, 1.165) is 54.9 Å². The number of nitrogens with two attached hydrogens (primary N) is 1. The number of ether oxygens (including phenoxy) is 1. The lowest BCUT2D eigenvalue weighted by atomic mass is 9.73. The fourth-order valence-corrected chi connectivity index (χ4v) is 4.46. The summed E-state index contributed by atoms with van der Waals surface area (Å²) in [6, 6.07) is 20.5. The molecule has 5 nitrogen and oxygen atoms in total. The number of nitrogens with zero attached hydrogens (tertiary/aromatic N) is 2. The van der Waals surface area contributed by atoms with Gasteiger partial charge >= 0.3 is 0 Å². The van der Waals surface area contributed by atoms with E-state index in [-0.39, 0.29) is 5.91 Å². The molecule has 0 unspecified atom stereocenters. The van der Waals surface area contributed by atoms with Crippen LogP contribution in [0.3, 0.4) is 0 Å². The van der Waals surface area contributed by atoms with Crippen LogP contribution >= 0.6 is 0 Å². The largest absolute Gasteiger partial charge is 0.496 e. The number of hydrogen-bond acceptors (Lipinski definition) is 4. The van der Waals surface area contributed by atoms with Crippen LogP contribution in [-0.2, 0) is 17.8 Å². The van der Waals surface area contributed by atoms with Crippen LogP contribution in [-0.4, -0.2) is 36.0 Å². The molecular weight excluding hydrogens is 386 g/mol. The summed E-state index contributed by atoms with van der Waals surface area (Å²) in [6.07, 6.45) is 5.84.